The number of fused-ring (bicyclic) bond motifs is 5. The molecule has 0 amide bonds. The Morgan fingerprint density at radius 2 is 1.58 bits per heavy atom. The van der Waals surface area contributed by atoms with Gasteiger partial charge in [-0.25, -0.2) is 0 Å². The fourth-order valence-corrected chi connectivity index (χ4v) is 3.95. The van der Waals surface area contributed by atoms with Crippen LogP contribution in [-0.4, -0.2) is 12.4 Å². The molecule has 2 radical (unpaired) electrons. The summed E-state index contributed by atoms with van der Waals surface area (Å²) < 4.78 is 2.36. The molecule has 0 atom stereocenters. The van der Waals surface area contributed by atoms with Crippen LogP contribution in [0, 0.1) is 0 Å². The van der Waals surface area contributed by atoms with Crippen molar-refractivity contribution in [2.24, 2.45) is 0 Å². The van der Waals surface area contributed by atoms with Crippen LogP contribution >= 0.6 is 0 Å². The summed E-state index contributed by atoms with van der Waals surface area (Å²) in [6, 6.07) is 28.1. The average molecular weight is 331 g/mol. The lowest BCUT2D eigenvalue weighted by atomic mass is 9.96. The monoisotopic (exact) mass is 331 g/mol. The molecule has 0 saturated heterocycles. The molecule has 5 rings (SSSR count). The van der Waals surface area contributed by atoms with Crippen molar-refractivity contribution in [1.29, 1.82) is 0 Å². The van der Waals surface area contributed by atoms with Crippen molar-refractivity contribution >= 4 is 45.9 Å². The number of rotatable bonds is 2. The molecule has 5 aromatic rings. The van der Waals surface area contributed by atoms with Crippen LogP contribution in [0.3, 0.4) is 0 Å². The van der Waals surface area contributed by atoms with Crippen LogP contribution < -0.4 is 5.46 Å². The SMILES string of the molecule is [B]c1ccc(-n2c3cc(CC)ccc3c3c4ccccc4ccc32)cc1. The van der Waals surface area contributed by atoms with Crippen molar-refractivity contribution in [3.05, 3.63) is 84.4 Å². The summed E-state index contributed by atoms with van der Waals surface area (Å²) in [5.74, 6) is 0. The third kappa shape index (κ3) is 2.19. The normalized spacial score (nSPS) is 11.6. The van der Waals surface area contributed by atoms with Crippen LogP contribution in [0.15, 0.2) is 78.9 Å². The minimum absolute atomic E-state index is 0.786. The third-order valence-electron chi connectivity index (χ3n) is 5.28. The number of hydrogen-bond donors (Lipinski definition) is 0. The van der Waals surface area contributed by atoms with E-state index in [0.29, 0.717) is 0 Å². The topological polar surface area (TPSA) is 4.93 Å². The Morgan fingerprint density at radius 1 is 0.769 bits per heavy atom. The maximum atomic E-state index is 5.92. The van der Waals surface area contributed by atoms with Crippen LogP contribution in [0.25, 0.3) is 38.3 Å². The van der Waals surface area contributed by atoms with Gasteiger partial charge in [0.2, 0.25) is 0 Å². The zero-order valence-corrected chi connectivity index (χ0v) is 14.7. The molecule has 0 aliphatic heterocycles. The highest BCUT2D eigenvalue weighted by molar-refractivity contribution is 6.32. The summed E-state index contributed by atoms with van der Waals surface area (Å²) in [4.78, 5) is 0. The van der Waals surface area contributed by atoms with E-state index in [2.05, 4.69) is 78.2 Å². The molecule has 0 fully saturated rings. The van der Waals surface area contributed by atoms with Crippen molar-refractivity contribution in [1.82, 2.24) is 4.57 Å². The Balaban J connectivity index is 2.00. The molecule has 1 heterocycles. The van der Waals surface area contributed by atoms with Crippen molar-refractivity contribution in [3.63, 3.8) is 0 Å². The first kappa shape index (κ1) is 15.3. The minimum atomic E-state index is 0.786. The summed E-state index contributed by atoms with van der Waals surface area (Å²) >= 11 is 0. The van der Waals surface area contributed by atoms with Gasteiger partial charge in [0.25, 0.3) is 0 Å². The zero-order valence-electron chi connectivity index (χ0n) is 14.7. The summed E-state index contributed by atoms with van der Waals surface area (Å²) in [5, 5.41) is 5.19. The second kappa shape index (κ2) is 5.77. The Morgan fingerprint density at radius 3 is 2.38 bits per heavy atom. The summed E-state index contributed by atoms with van der Waals surface area (Å²) in [7, 11) is 5.92. The number of aryl methyl sites for hydroxylation is 1. The molecular weight excluding hydrogens is 313 g/mol. The molecule has 0 bridgehead atoms. The van der Waals surface area contributed by atoms with Crippen molar-refractivity contribution < 1.29 is 0 Å². The van der Waals surface area contributed by atoms with Crippen LogP contribution in [0.2, 0.25) is 0 Å². The molecule has 0 saturated carbocycles. The molecule has 122 valence electrons. The Hall–Kier alpha value is -3.00. The molecule has 2 heteroatoms. The summed E-state index contributed by atoms with van der Waals surface area (Å²) in [6.45, 7) is 2.20. The van der Waals surface area contributed by atoms with Gasteiger partial charge < -0.3 is 4.57 Å². The van der Waals surface area contributed by atoms with Crippen LogP contribution in [-0.2, 0) is 6.42 Å². The molecule has 1 aromatic heterocycles. The van der Waals surface area contributed by atoms with Gasteiger partial charge in [0.15, 0.2) is 0 Å². The molecule has 26 heavy (non-hydrogen) atoms. The highest BCUT2D eigenvalue weighted by Crippen LogP contribution is 2.37. The largest absolute Gasteiger partial charge is 0.309 e. The van der Waals surface area contributed by atoms with Gasteiger partial charge in [-0.1, -0.05) is 67.0 Å². The van der Waals surface area contributed by atoms with Crippen LogP contribution in [0.4, 0.5) is 0 Å². The highest BCUT2D eigenvalue weighted by atomic mass is 15.0. The van der Waals surface area contributed by atoms with Gasteiger partial charge in [-0.2, -0.15) is 0 Å². The van der Waals surface area contributed by atoms with E-state index in [1.165, 1.54) is 38.1 Å². The van der Waals surface area contributed by atoms with Gasteiger partial charge in [0.1, 0.15) is 7.85 Å². The van der Waals surface area contributed by atoms with Crippen LogP contribution in [0.1, 0.15) is 12.5 Å². The first-order chi connectivity index (χ1) is 12.8. The first-order valence-electron chi connectivity index (χ1n) is 9.07. The Labute approximate surface area is 154 Å². The second-order valence-corrected chi connectivity index (χ2v) is 6.81. The second-order valence-electron chi connectivity index (χ2n) is 6.81. The molecule has 0 spiro atoms. The third-order valence-corrected chi connectivity index (χ3v) is 5.28. The molecule has 0 aliphatic carbocycles. The minimum Gasteiger partial charge on any atom is -0.309 e. The van der Waals surface area contributed by atoms with Crippen molar-refractivity contribution in [2.45, 2.75) is 13.3 Å². The number of benzene rings is 4. The van der Waals surface area contributed by atoms with Gasteiger partial charge in [-0.15, -0.1) is 0 Å². The van der Waals surface area contributed by atoms with E-state index in [9.17, 15) is 0 Å². The summed E-state index contributed by atoms with van der Waals surface area (Å²) in [5.41, 5.74) is 5.76. The lowest BCUT2D eigenvalue weighted by Gasteiger charge is -2.09. The fourth-order valence-electron chi connectivity index (χ4n) is 3.95. The Kier molecular flexibility index (Phi) is 3.39. The van der Waals surface area contributed by atoms with E-state index < -0.39 is 0 Å². The number of hydrogen-bond acceptors (Lipinski definition) is 0. The number of aromatic nitrogens is 1. The lowest BCUT2D eigenvalue weighted by molar-refractivity contribution is 1.13. The maximum absolute atomic E-state index is 5.92. The molecule has 4 aromatic carbocycles. The van der Waals surface area contributed by atoms with E-state index in [4.69, 9.17) is 7.85 Å². The maximum Gasteiger partial charge on any atom is 0.113 e. The van der Waals surface area contributed by atoms with E-state index in [1.807, 2.05) is 12.1 Å². The molecular formula is C24H18BN. The smallest absolute Gasteiger partial charge is 0.113 e. The van der Waals surface area contributed by atoms with Crippen molar-refractivity contribution in [2.75, 3.05) is 0 Å². The predicted molar refractivity (Wildman–Crippen MR) is 113 cm³/mol. The van der Waals surface area contributed by atoms with E-state index in [1.54, 1.807) is 0 Å². The number of nitrogens with zero attached hydrogens (tertiary/aromatic N) is 1. The fraction of sp³-hybridized carbons (Fsp3) is 0.0833. The molecule has 1 nitrogen and oxygen atoms in total. The highest BCUT2D eigenvalue weighted by Gasteiger charge is 2.14. The molecule has 0 unspecified atom stereocenters. The molecule has 0 N–H and O–H groups in total. The lowest BCUT2D eigenvalue weighted by Crippen LogP contribution is -2.02. The first-order valence-corrected chi connectivity index (χ1v) is 9.07. The van der Waals surface area contributed by atoms with Crippen molar-refractivity contribution in [3.8, 4) is 5.69 Å². The van der Waals surface area contributed by atoms with E-state index >= 15 is 0 Å². The van der Waals surface area contributed by atoms with E-state index in [0.717, 1.165) is 17.6 Å². The van der Waals surface area contributed by atoms with Gasteiger partial charge in [-0.05, 0) is 47.0 Å². The average Bonchev–Trinajstić information content (AvgIpc) is 3.02. The standard InChI is InChI=1S/C24H18BN/c1-2-16-7-13-21-23(15-16)26(19-11-9-18(25)10-12-19)22-14-8-17-5-3-4-6-20(17)24(21)22/h3-15H,2H2,1H3. The zero-order chi connectivity index (χ0) is 17.7. The van der Waals surface area contributed by atoms with Gasteiger partial charge >= 0.3 is 0 Å². The van der Waals surface area contributed by atoms with Gasteiger partial charge in [0.05, 0.1) is 11.0 Å². The molecule has 0 aliphatic rings. The predicted octanol–water partition coefficient (Wildman–Crippen LogP) is 5.29. The van der Waals surface area contributed by atoms with E-state index in [-0.39, 0.29) is 0 Å². The van der Waals surface area contributed by atoms with Gasteiger partial charge in [0, 0.05) is 16.5 Å². The summed E-state index contributed by atoms with van der Waals surface area (Å²) in [6.07, 6.45) is 1.03. The quantitative estimate of drug-likeness (QED) is 0.387. The van der Waals surface area contributed by atoms with Gasteiger partial charge in [-0.3, -0.25) is 0 Å². The Bertz CT molecular complexity index is 1260. The van der Waals surface area contributed by atoms with Crippen LogP contribution in [0.5, 0.6) is 0 Å².